The Morgan fingerprint density at radius 3 is 2.78 bits per heavy atom. The fourth-order valence-corrected chi connectivity index (χ4v) is 1.81. The van der Waals surface area contributed by atoms with Crippen LogP contribution in [0.2, 0.25) is 0 Å². The molecule has 2 amide bonds. The lowest BCUT2D eigenvalue weighted by Crippen LogP contribution is -2.57. The number of imide groups is 1. The zero-order chi connectivity index (χ0) is 13.3. The Labute approximate surface area is 105 Å². The fourth-order valence-electron chi connectivity index (χ4n) is 1.81. The van der Waals surface area contributed by atoms with Gasteiger partial charge in [-0.2, -0.15) is 0 Å². The van der Waals surface area contributed by atoms with Gasteiger partial charge in [0.05, 0.1) is 12.6 Å². The molecule has 0 saturated carbocycles. The smallest absolute Gasteiger partial charge is 0.249 e. The number of nitrogens with zero attached hydrogens (tertiary/aromatic N) is 2. The summed E-state index contributed by atoms with van der Waals surface area (Å²) in [4.78, 5) is 28.7. The number of amides is 2. The van der Waals surface area contributed by atoms with Crippen molar-refractivity contribution in [2.24, 2.45) is 0 Å². The summed E-state index contributed by atoms with van der Waals surface area (Å²) in [7, 11) is 0. The third kappa shape index (κ3) is 2.33. The molecular formula is C12H15N3O3. The largest absolute Gasteiger partial charge is 0.389 e. The van der Waals surface area contributed by atoms with Crippen molar-refractivity contribution < 1.29 is 14.7 Å². The Morgan fingerprint density at radius 2 is 2.22 bits per heavy atom. The molecule has 0 aliphatic carbocycles. The van der Waals surface area contributed by atoms with Crippen LogP contribution in [0.3, 0.4) is 0 Å². The maximum Gasteiger partial charge on any atom is 0.249 e. The van der Waals surface area contributed by atoms with Crippen molar-refractivity contribution in [2.45, 2.75) is 26.0 Å². The average Bonchev–Trinajstić information content (AvgIpc) is 2.34. The Balaban J connectivity index is 2.24. The molecule has 6 heteroatoms. The van der Waals surface area contributed by atoms with E-state index in [4.69, 9.17) is 0 Å². The number of piperazine rings is 1. The predicted molar refractivity (Wildman–Crippen MR) is 64.8 cm³/mol. The number of hydrogen-bond acceptors (Lipinski definition) is 5. The molecule has 2 atom stereocenters. The summed E-state index contributed by atoms with van der Waals surface area (Å²) >= 11 is 0. The van der Waals surface area contributed by atoms with E-state index in [9.17, 15) is 14.7 Å². The third-order valence-corrected chi connectivity index (χ3v) is 2.97. The number of nitrogens with one attached hydrogen (secondary N) is 1. The van der Waals surface area contributed by atoms with Gasteiger partial charge in [-0.15, -0.1) is 0 Å². The lowest BCUT2D eigenvalue weighted by atomic mass is 10.1. The van der Waals surface area contributed by atoms with E-state index in [1.807, 2.05) is 0 Å². The second kappa shape index (κ2) is 4.73. The van der Waals surface area contributed by atoms with Gasteiger partial charge >= 0.3 is 0 Å². The van der Waals surface area contributed by atoms with Gasteiger partial charge < -0.3 is 10.0 Å². The standard InChI is InChI=1S/C12H15N3O3/c1-7-12(18)14-11(17)6-15(7)10-4-3-9(5-13-10)8(2)16/h3-5,7-8,16H,6H2,1-2H3,(H,14,17,18)/t7?,8-/m1/s1. The van der Waals surface area contributed by atoms with Crippen LogP contribution in [0.5, 0.6) is 0 Å². The highest BCUT2D eigenvalue weighted by molar-refractivity contribution is 6.04. The van der Waals surface area contributed by atoms with E-state index in [0.717, 1.165) is 0 Å². The summed E-state index contributed by atoms with van der Waals surface area (Å²) in [6.07, 6.45) is 0.958. The molecule has 1 aromatic heterocycles. The van der Waals surface area contributed by atoms with Gasteiger partial charge in [-0.05, 0) is 25.5 Å². The van der Waals surface area contributed by atoms with Crippen molar-refractivity contribution in [1.29, 1.82) is 0 Å². The van der Waals surface area contributed by atoms with E-state index < -0.39 is 12.1 Å². The lowest BCUT2D eigenvalue weighted by Gasteiger charge is -2.32. The minimum absolute atomic E-state index is 0.105. The molecule has 0 bridgehead atoms. The van der Waals surface area contributed by atoms with Crippen LogP contribution < -0.4 is 10.2 Å². The molecule has 0 spiro atoms. The topological polar surface area (TPSA) is 82.5 Å². The van der Waals surface area contributed by atoms with E-state index in [0.29, 0.717) is 11.4 Å². The van der Waals surface area contributed by atoms with Crippen molar-refractivity contribution in [3.63, 3.8) is 0 Å². The van der Waals surface area contributed by atoms with E-state index in [1.54, 1.807) is 37.1 Å². The van der Waals surface area contributed by atoms with Gasteiger partial charge in [0.15, 0.2) is 0 Å². The normalized spacial score (nSPS) is 21.7. The van der Waals surface area contributed by atoms with Gasteiger partial charge in [0.2, 0.25) is 11.8 Å². The fraction of sp³-hybridized carbons (Fsp3) is 0.417. The first kappa shape index (κ1) is 12.5. The van der Waals surface area contributed by atoms with Crippen LogP contribution in [0.1, 0.15) is 25.5 Å². The van der Waals surface area contributed by atoms with Gasteiger partial charge in [0.25, 0.3) is 0 Å². The number of pyridine rings is 1. The quantitative estimate of drug-likeness (QED) is 0.720. The maximum atomic E-state index is 11.5. The summed E-state index contributed by atoms with van der Waals surface area (Å²) in [5.41, 5.74) is 0.694. The molecule has 0 radical (unpaired) electrons. The predicted octanol–water partition coefficient (Wildman–Crippen LogP) is -0.0138. The number of aliphatic hydroxyl groups excluding tert-OH is 1. The van der Waals surface area contributed by atoms with Gasteiger partial charge in [-0.25, -0.2) is 4.98 Å². The average molecular weight is 249 g/mol. The number of hydrogen-bond donors (Lipinski definition) is 2. The molecule has 6 nitrogen and oxygen atoms in total. The number of aromatic nitrogens is 1. The van der Waals surface area contributed by atoms with E-state index in [-0.39, 0.29) is 18.4 Å². The van der Waals surface area contributed by atoms with Crippen molar-refractivity contribution >= 4 is 17.6 Å². The van der Waals surface area contributed by atoms with Crippen LogP contribution in [-0.2, 0) is 9.59 Å². The summed E-state index contributed by atoms with van der Waals surface area (Å²) in [5.74, 6) is -0.109. The molecule has 2 N–H and O–H groups in total. The van der Waals surface area contributed by atoms with Gasteiger partial charge in [0, 0.05) is 6.20 Å². The highest BCUT2D eigenvalue weighted by Gasteiger charge is 2.30. The van der Waals surface area contributed by atoms with E-state index >= 15 is 0 Å². The summed E-state index contributed by atoms with van der Waals surface area (Å²) < 4.78 is 0. The van der Waals surface area contributed by atoms with Crippen LogP contribution in [0.4, 0.5) is 5.82 Å². The Morgan fingerprint density at radius 1 is 1.50 bits per heavy atom. The lowest BCUT2D eigenvalue weighted by molar-refractivity contribution is -0.132. The zero-order valence-electron chi connectivity index (χ0n) is 10.3. The molecule has 1 aliphatic heterocycles. The van der Waals surface area contributed by atoms with Gasteiger partial charge in [0.1, 0.15) is 11.9 Å². The zero-order valence-corrected chi connectivity index (χ0v) is 10.3. The molecule has 18 heavy (non-hydrogen) atoms. The second-order valence-electron chi connectivity index (χ2n) is 4.34. The number of rotatable bonds is 2. The Kier molecular flexibility index (Phi) is 3.29. The molecule has 2 rings (SSSR count). The highest BCUT2D eigenvalue weighted by atomic mass is 16.3. The summed E-state index contributed by atoms with van der Waals surface area (Å²) in [6.45, 7) is 3.47. The van der Waals surface area contributed by atoms with Gasteiger partial charge in [-0.3, -0.25) is 14.9 Å². The molecule has 1 saturated heterocycles. The van der Waals surface area contributed by atoms with Crippen LogP contribution in [-0.4, -0.2) is 34.5 Å². The molecule has 96 valence electrons. The first-order chi connectivity index (χ1) is 8.49. The molecule has 0 aromatic carbocycles. The number of anilines is 1. The van der Waals surface area contributed by atoms with Crippen LogP contribution >= 0.6 is 0 Å². The van der Waals surface area contributed by atoms with Crippen molar-refractivity contribution in [2.75, 3.05) is 11.4 Å². The van der Waals surface area contributed by atoms with E-state index in [1.165, 1.54) is 0 Å². The highest BCUT2D eigenvalue weighted by Crippen LogP contribution is 2.19. The monoisotopic (exact) mass is 249 g/mol. The number of aliphatic hydroxyl groups is 1. The summed E-state index contributed by atoms with van der Waals surface area (Å²) in [5, 5.41) is 11.7. The third-order valence-electron chi connectivity index (χ3n) is 2.97. The van der Waals surface area contributed by atoms with Crippen molar-refractivity contribution in [3.05, 3.63) is 23.9 Å². The Bertz CT molecular complexity index is 470. The molecular weight excluding hydrogens is 234 g/mol. The van der Waals surface area contributed by atoms with Crippen molar-refractivity contribution in [1.82, 2.24) is 10.3 Å². The summed E-state index contributed by atoms with van der Waals surface area (Å²) in [6, 6.07) is 2.99. The van der Waals surface area contributed by atoms with E-state index in [2.05, 4.69) is 10.3 Å². The number of carbonyl (C=O) groups excluding carboxylic acids is 2. The molecule has 1 fully saturated rings. The second-order valence-corrected chi connectivity index (χ2v) is 4.34. The van der Waals surface area contributed by atoms with Crippen LogP contribution in [0.15, 0.2) is 18.3 Å². The van der Waals surface area contributed by atoms with Crippen molar-refractivity contribution in [3.8, 4) is 0 Å². The molecule has 1 unspecified atom stereocenters. The first-order valence-electron chi connectivity index (χ1n) is 5.73. The minimum atomic E-state index is -0.588. The minimum Gasteiger partial charge on any atom is -0.389 e. The molecule has 1 aliphatic rings. The molecule has 2 heterocycles. The van der Waals surface area contributed by atoms with Crippen LogP contribution in [0.25, 0.3) is 0 Å². The van der Waals surface area contributed by atoms with Gasteiger partial charge in [-0.1, -0.05) is 6.07 Å². The number of carbonyl (C=O) groups is 2. The first-order valence-corrected chi connectivity index (χ1v) is 5.73. The maximum absolute atomic E-state index is 11.5. The SMILES string of the molecule is CC1C(=O)NC(=O)CN1c1ccc([C@@H](C)O)cn1. The van der Waals surface area contributed by atoms with Crippen LogP contribution in [0, 0.1) is 0 Å². The molecule has 1 aromatic rings. The Hall–Kier alpha value is -1.95.